The molecule has 0 spiro atoms. The van der Waals surface area contributed by atoms with Crippen molar-refractivity contribution in [2.75, 3.05) is 25.1 Å². The number of amides is 3. The van der Waals surface area contributed by atoms with Crippen molar-refractivity contribution < 1.29 is 29.4 Å². The SMILES string of the molecule is CSCCC(NC(=O)CNC(=O)C(N)CCCN=C(N)N)C(=O)NC(Cc1ccc(O)cc1)C(=O)O. The van der Waals surface area contributed by atoms with Crippen LogP contribution in [0.4, 0.5) is 0 Å². The first-order valence-corrected chi connectivity index (χ1v) is 12.6. The molecule has 0 aliphatic rings. The number of aliphatic carboxylic acids is 1. The Morgan fingerprint density at radius 2 is 1.69 bits per heavy atom. The van der Waals surface area contributed by atoms with E-state index < -0.39 is 48.4 Å². The number of hydrogen-bond donors (Lipinski definition) is 8. The van der Waals surface area contributed by atoms with Crippen LogP contribution in [0.2, 0.25) is 0 Å². The van der Waals surface area contributed by atoms with Crippen LogP contribution in [0.15, 0.2) is 29.3 Å². The average Bonchev–Trinajstić information content (AvgIpc) is 2.83. The third kappa shape index (κ3) is 12.3. The predicted molar refractivity (Wildman–Crippen MR) is 137 cm³/mol. The minimum Gasteiger partial charge on any atom is -0.508 e. The van der Waals surface area contributed by atoms with Crippen molar-refractivity contribution in [3.8, 4) is 5.75 Å². The van der Waals surface area contributed by atoms with Crippen molar-refractivity contribution in [1.29, 1.82) is 0 Å². The van der Waals surface area contributed by atoms with E-state index >= 15 is 0 Å². The fourth-order valence-corrected chi connectivity index (χ4v) is 3.51. The van der Waals surface area contributed by atoms with Gasteiger partial charge >= 0.3 is 5.97 Å². The first-order chi connectivity index (χ1) is 17.0. The summed E-state index contributed by atoms with van der Waals surface area (Å²) in [5, 5.41) is 26.3. The highest BCUT2D eigenvalue weighted by molar-refractivity contribution is 7.98. The molecule has 36 heavy (non-hydrogen) atoms. The number of guanidine groups is 1. The Kier molecular flexibility index (Phi) is 13.7. The van der Waals surface area contributed by atoms with Gasteiger partial charge in [-0.05, 0) is 49.0 Å². The normalized spacial score (nSPS) is 13.1. The number of thioether (sulfide) groups is 1. The van der Waals surface area contributed by atoms with Gasteiger partial charge in [0, 0.05) is 13.0 Å². The molecule has 0 saturated heterocycles. The van der Waals surface area contributed by atoms with E-state index in [9.17, 15) is 29.4 Å². The average molecular weight is 526 g/mol. The van der Waals surface area contributed by atoms with Gasteiger partial charge in [0.2, 0.25) is 17.7 Å². The molecule has 13 nitrogen and oxygen atoms in total. The Morgan fingerprint density at radius 1 is 1.03 bits per heavy atom. The second-order valence-electron chi connectivity index (χ2n) is 7.94. The van der Waals surface area contributed by atoms with Crippen LogP contribution in [-0.2, 0) is 25.6 Å². The number of aromatic hydroxyl groups is 1. The van der Waals surface area contributed by atoms with Gasteiger partial charge in [0.15, 0.2) is 5.96 Å². The highest BCUT2D eigenvalue weighted by atomic mass is 32.2. The molecule has 200 valence electrons. The number of aliphatic imine (C=N–C) groups is 1. The molecule has 0 fully saturated rings. The van der Waals surface area contributed by atoms with Crippen molar-refractivity contribution in [2.24, 2.45) is 22.2 Å². The Balaban J connectivity index is 2.65. The van der Waals surface area contributed by atoms with E-state index in [4.69, 9.17) is 17.2 Å². The molecule has 1 aromatic carbocycles. The number of benzene rings is 1. The molecular weight excluding hydrogens is 490 g/mol. The first-order valence-electron chi connectivity index (χ1n) is 11.2. The van der Waals surface area contributed by atoms with E-state index in [-0.39, 0.29) is 24.6 Å². The number of nitrogens with one attached hydrogen (secondary N) is 3. The van der Waals surface area contributed by atoms with Gasteiger partial charge in [-0.15, -0.1) is 0 Å². The molecule has 0 saturated carbocycles. The molecule has 14 heteroatoms. The number of rotatable bonds is 16. The van der Waals surface area contributed by atoms with E-state index in [0.29, 0.717) is 30.7 Å². The number of hydrogen-bond acceptors (Lipinski definition) is 8. The fourth-order valence-electron chi connectivity index (χ4n) is 3.04. The highest BCUT2D eigenvalue weighted by Crippen LogP contribution is 2.12. The van der Waals surface area contributed by atoms with Gasteiger partial charge in [-0.1, -0.05) is 12.1 Å². The maximum Gasteiger partial charge on any atom is 0.326 e. The molecule has 3 atom stereocenters. The topological polar surface area (TPSA) is 235 Å². The number of nitrogens with zero attached hydrogens (tertiary/aromatic N) is 1. The Hall–Kier alpha value is -3.52. The zero-order valence-corrected chi connectivity index (χ0v) is 20.9. The summed E-state index contributed by atoms with van der Waals surface area (Å²) in [5.74, 6) is -2.56. The highest BCUT2D eigenvalue weighted by Gasteiger charge is 2.27. The molecule has 3 amide bonds. The van der Waals surface area contributed by atoms with E-state index in [0.717, 1.165) is 0 Å². The van der Waals surface area contributed by atoms with Gasteiger partial charge in [-0.3, -0.25) is 19.4 Å². The standard InChI is InChI=1S/C22H35N7O6S/c1-36-10-8-16(20(33)29-17(21(34)35)11-13-4-6-14(30)7-5-13)28-18(31)12-27-19(32)15(23)3-2-9-26-22(24)25/h4-7,15-17,30H,2-3,8-12,23H2,1H3,(H,27,32)(H,28,31)(H,29,33)(H,34,35)(H4,24,25,26). The summed E-state index contributed by atoms with van der Waals surface area (Å²) in [4.78, 5) is 52.8. The Bertz CT molecular complexity index is 909. The molecule has 3 unspecified atom stereocenters. The smallest absolute Gasteiger partial charge is 0.326 e. The maximum atomic E-state index is 12.8. The largest absolute Gasteiger partial charge is 0.508 e. The van der Waals surface area contributed by atoms with Crippen LogP contribution in [0.3, 0.4) is 0 Å². The summed E-state index contributed by atoms with van der Waals surface area (Å²) in [6, 6.07) is 2.84. The van der Waals surface area contributed by atoms with Crippen LogP contribution in [0.1, 0.15) is 24.8 Å². The van der Waals surface area contributed by atoms with Gasteiger partial charge in [-0.2, -0.15) is 11.8 Å². The molecule has 0 aromatic heterocycles. The second-order valence-corrected chi connectivity index (χ2v) is 8.93. The van der Waals surface area contributed by atoms with Crippen molar-refractivity contribution in [3.63, 3.8) is 0 Å². The molecule has 0 radical (unpaired) electrons. The molecule has 0 heterocycles. The fraction of sp³-hybridized carbons (Fsp3) is 0.500. The van der Waals surface area contributed by atoms with Crippen LogP contribution < -0.4 is 33.2 Å². The van der Waals surface area contributed by atoms with Crippen LogP contribution in [-0.4, -0.2) is 83.1 Å². The molecule has 1 rings (SSSR count). The summed E-state index contributed by atoms with van der Waals surface area (Å²) in [6.07, 6.45) is 2.85. The van der Waals surface area contributed by atoms with Gasteiger partial charge in [0.25, 0.3) is 0 Å². The lowest BCUT2D eigenvalue weighted by atomic mass is 10.0. The summed E-state index contributed by atoms with van der Waals surface area (Å²) >= 11 is 1.45. The molecule has 0 aliphatic heterocycles. The summed E-state index contributed by atoms with van der Waals surface area (Å²) in [7, 11) is 0. The molecular formula is C22H35N7O6S. The summed E-state index contributed by atoms with van der Waals surface area (Å²) in [6.45, 7) is -0.0839. The predicted octanol–water partition coefficient (Wildman–Crippen LogP) is -1.76. The minimum absolute atomic E-state index is 0.0122. The third-order valence-corrected chi connectivity index (χ3v) is 5.62. The zero-order valence-electron chi connectivity index (χ0n) is 20.1. The monoisotopic (exact) mass is 525 g/mol. The summed E-state index contributed by atoms with van der Waals surface area (Å²) in [5.41, 5.74) is 16.9. The van der Waals surface area contributed by atoms with Gasteiger partial charge in [-0.25, -0.2) is 4.79 Å². The van der Waals surface area contributed by atoms with E-state index in [1.807, 2.05) is 6.26 Å². The lowest BCUT2D eigenvalue weighted by molar-refractivity contribution is -0.142. The zero-order chi connectivity index (χ0) is 27.1. The van der Waals surface area contributed by atoms with E-state index in [1.165, 1.54) is 23.9 Å². The quantitative estimate of drug-likeness (QED) is 0.0687. The van der Waals surface area contributed by atoms with E-state index in [2.05, 4.69) is 20.9 Å². The molecule has 0 bridgehead atoms. The third-order valence-electron chi connectivity index (χ3n) is 4.98. The van der Waals surface area contributed by atoms with Gasteiger partial charge in [0.1, 0.15) is 17.8 Å². The Labute approximate surface area is 213 Å². The lowest BCUT2D eigenvalue weighted by Gasteiger charge is -2.22. The Morgan fingerprint density at radius 3 is 2.28 bits per heavy atom. The van der Waals surface area contributed by atoms with Crippen LogP contribution >= 0.6 is 11.8 Å². The number of phenolic OH excluding ortho intramolecular Hbond substituents is 1. The van der Waals surface area contributed by atoms with Crippen LogP contribution in [0.25, 0.3) is 0 Å². The maximum absolute atomic E-state index is 12.8. The number of carboxylic acid groups (broad SMARTS) is 1. The van der Waals surface area contributed by atoms with Crippen molar-refractivity contribution in [1.82, 2.24) is 16.0 Å². The minimum atomic E-state index is -1.24. The van der Waals surface area contributed by atoms with Gasteiger partial charge in [0.05, 0.1) is 12.6 Å². The summed E-state index contributed by atoms with van der Waals surface area (Å²) < 4.78 is 0. The molecule has 11 N–H and O–H groups in total. The van der Waals surface area contributed by atoms with Crippen molar-refractivity contribution in [2.45, 2.75) is 43.8 Å². The second kappa shape index (κ2) is 16.2. The number of carbonyl (C=O) groups is 4. The first kappa shape index (κ1) is 30.5. The lowest BCUT2D eigenvalue weighted by Crippen LogP contribution is -2.54. The van der Waals surface area contributed by atoms with Gasteiger partial charge < -0.3 is 43.4 Å². The number of phenols is 1. The van der Waals surface area contributed by atoms with Crippen molar-refractivity contribution in [3.05, 3.63) is 29.8 Å². The number of nitrogens with two attached hydrogens (primary N) is 3. The van der Waals surface area contributed by atoms with Crippen LogP contribution in [0, 0.1) is 0 Å². The molecule has 0 aliphatic carbocycles. The molecule has 1 aromatic rings. The van der Waals surface area contributed by atoms with E-state index in [1.54, 1.807) is 12.1 Å². The van der Waals surface area contributed by atoms with Crippen molar-refractivity contribution >= 4 is 41.4 Å². The number of carboxylic acids is 1. The van der Waals surface area contributed by atoms with Crippen LogP contribution in [0.5, 0.6) is 5.75 Å². The number of carbonyl (C=O) groups excluding carboxylic acids is 3.